The van der Waals surface area contributed by atoms with E-state index in [1.807, 2.05) is 6.07 Å². The average Bonchev–Trinajstić information content (AvgIpc) is 3.28. The zero-order valence-corrected chi connectivity index (χ0v) is 18.3. The van der Waals surface area contributed by atoms with E-state index < -0.39 is 17.8 Å². The van der Waals surface area contributed by atoms with Crippen molar-refractivity contribution in [1.82, 2.24) is 24.6 Å². The Morgan fingerprint density at radius 2 is 1.76 bits per heavy atom. The number of fused-ring (bicyclic) bond motifs is 1. The maximum Gasteiger partial charge on any atom is 0.390 e. The van der Waals surface area contributed by atoms with Gasteiger partial charge in [-0.3, -0.25) is 14.5 Å². The van der Waals surface area contributed by atoms with Crippen LogP contribution < -0.4 is 5.32 Å². The number of amides is 1. The number of anilines is 1. The number of hydrogen-bond acceptors (Lipinski definition) is 5. The first-order valence-electron chi connectivity index (χ1n) is 10.8. The van der Waals surface area contributed by atoms with Gasteiger partial charge in [0, 0.05) is 42.0 Å². The normalized spacial score (nSPS) is 16.1. The van der Waals surface area contributed by atoms with Gasteiger partial charge in [0.25, 0.3) is 0 Å². The number of halogens is 3. The van der Waals surface area contributed by atoms with Crippen molar-refractivity contribution in [3.8, 4) is 11.3 Å². The monoisotopic (exact) mass is 462 g/mol. The van der Waals surface area contributed by atoms with E-state index in [-0.39, 0.29) is 18.4 Å². The van der Waals surface area contributed by atoms with Gasteiger partial charge in [-0.2, -0.15) is 18.3 Å². The molecular weight excluding hydrogens is 442 g/mol. The molecule has 1 aliphatic rings. The Balaban J connectivity index is 1.41. The summed E-state index contributed by atoms with van der Waals surface area (Å²) in [6.45, 7) is 0.873. The molecule has 34 heavy (non-hydrogen) atoms. The first-order chi connectivity index (χ1) is 16.0. The van der Waals surface area contributed by atoms with Crippen LogP contribution in [-0.2, 0) is 10.0 Å². The molecule has 0 unspecified atom stereocenters. The Kier molecular flexibility index (Phi) is 6.75. The number of aromatic nitrogens is 4. The molecule has 1 amide bonds. The molecule has 3 aromatic rings. The highest BCUT2D eigenvalue weighted by atomic mass is 19.4. The zero-order chi connectivity index (χ0) is 24.5. The number of likely N-dealkylation sites (tertiary alicyclic amines) is 1. The minimum Gasteiger partial charge on any atom is -0.310 e. The van der Waals surface area contributed by atoms with E-state index >= 15 is 0 Å². The van der Waals surface area contributed by atoms with Crippen molar-refractivity contribution >= 4 is 46.0 Å². The predicted octanol–water partition coefficient (Wildman–Crippen LogP) is 2.17. The van der Waals surface area contributed by atoms with Crippen LogP contribution in [0, 0.1) is 5.92 Å². The maximum atomic E-state index is 12.7. The van der Waals surface area contributed by atoms with E-state index in [2.05, 4.69) is 20.4 Å². The van der Waals surface area contributed by atoms with Gasteiger partial charge in [-0.25, -0.2) is 4.98 Å². The van der Waals surface area contributed by atoms with E-state index in [4.69, 9.17) is 23.5 Å². The smallest absolute Gasteiger partial charge is 0.310 e. The third-order valence-corrected chi connectivity index (χ3v) is 5.80. The van der Waals surface area contributed by atoms with Gasteiger partial charge in [0.2, 0.25) is 5.91 Å². The van der Waals surface area contributed by atoms with Crippen LogP contribution in [0.4, 0.5) is 19.0 Å². The number of nitrogens with zero attached hydrogens (tertiary/aromatic N) is 5. The molecule has 1 N–H and O–H groups in total. The van der Waals surface area contributed by atoms with Crippen LogP contribution in [0.15, 0.2) is 36.9 Å². The molecular formula is C21H20B3F3N6O. The molecule has 1 aliphatic heterocycles. The van der Waals surface area contributed by atoms with Gasteiger partial charge < -0.3 is 10.2 Å². The summed E-state index contributed by atoms with van der Waals surface area (Å²) >= 11 is 0. The minimum absolute atomic E-state index is 0.0395. The summed E-state index contributed by atoms with van der Waals surface area (Å²) < 4.78 is 38.5. The van der Waals surface area contributed by atoms with E-state index in [1.54, 1.807) is 35.8 Å². The number of piperidine rings is 1. The largest absolute Gasteiger partial charge is 0.390 e. The Morgan fingerprint density at radius 1 is 1.06 bits per heavy atom. The molecule has 1 fully saturated rings. The van der Waals surface area contributed by atoms with Crippen molar-refractivity contribution < 1.29 is 18.0 Å². The number of rotatable bonds is 6. The number of alkyl halides is 3. The number of carbonyl (C=O) groups is 1. The molecule has 7 nitrogen and oxygen atoms in total. The lowest BCUT2D eigenvalue weighted by atomic mass is 9.49. The summed E-state index contributed by atoms with van der Waals surface area (Å²) in [5.74, 6) is -0.0830. The Bertz CT molecular complexity index is 1170. The van der Waals surface area contributed by atoms with Gasteiger partial charge >= 0.3 is 6.18 Å². The molecule has 0 saturated carbocycles. The molecule has 0 spiro atoms. The van der Waals surface area contributed by atoms with E-state index in [9.17, 15) is 18.0 Å². The van der Waals surface area contributed by atoms with Crippen LogP contribution in [0.2, 0.25) is 0 Å². The van der Waals surface area contributed by atoms with Gasteiger partial charge in [0.1, 0.15) is 5.82 Å². The van der Waals surface area contributed by atoms with Gasteiger partial charge in [-0.05, 0) is 48.7 Å². The summed E-state index contributed by atoms with van der Waals surface area (Å²) in [5, 5.41) is 6.82. The van der Waals surface area contributed by atoms with Gasteiger partial charge in [0.15, 0.2) is 0 Å². The number of carbonyl (C=O) groups excluding carboxylic acids is 1. The van der Waals surface area contributed by atoms with Crippen LogP contribution in [0.3, 0.4) is 0 Å². The second-order valence-corrected chi connectivity index (χ2v) is 8.52. The van der Waals surface area contributed by atoms with Crippen LogP contribution >= 0.6 is 0 Å². The average molecular weight is 462 g/mol. The lowest BCUT2D eigenvalue weighted by molar-refractivity contribution is -0.139. The van der Waals surface area contributed by atoms with Gasteiger partial charge in [-0.15, -0.1) is 0 Å². The fourth-order valence-corrected chi connectivity index (χ4v) is 3.86. The molecule has 6 radical (unpaired) electrons. The van der Waals surface area contributed by atoms with Crippen molar-refractivity contribution in [1.29, 1.82) is 0 Å². The van der Waals surface area contributed by atoms with Crippen molar-refractivity contribution in [2.75, 3.05) is 25.0 Å². The molecule has 0 aliphatic carbocycles. The zero-order valence-electron chi connectivity index (χ0n) is 18.3. The quantitative estimate of drug-likeness (QED) is 0.569. The molecule has 4 heterocycles. The SMILES string of the molecule is [B]C([B])([B])n1cc(-c2cc3cc(NC(=O)C4CCN(CCC(F)(F)F)CC4)ncc3cn2)cn1. The summed E-state index contributed by atoms with van der Waals surface area (Å²) in [7, 11) is 16.9. The summed E-state index contributed by atoms with van der Waals surface area (Å²) in [6, 6.07) is 3.55. The third-order valence-electron chi connectivity index (χ3n) is 5.80. The highest BCUT2D eigenvalue weighted by molar-refractivity contribution is 6.56. The van der Waals surface area contributed by atoms with Gasteiger partial charge in [-0.1, -0.05) is 0 Å². The highest BCUT2D eigenvalue weighted by Crippen LogP contribution is 2.26. The molecule has 3 aromatic heterocycles. The van der Waals surface area contributed by atoms with E-state index in [0.29, 0.717) is 43.0 Å². The molecule has 4 rings (SSSR count). The highest BCUT2D eigenvalue weighted by Gasteiger charge is 2.30. The second-order valence-electron chi connectivity index (χ2n) is 8.52. The molecule has 1 saturated heterocycles. The topological polar surface area (TPSA) is 75.9 Å². The van der Waals surface area contributed by atoms with Gasteiger partial charge in [0.05, 0.1) is 41.9 Å². The molecule has 0 bridgehead atoms. The Morgan fingerprint density at radius 3 is 2.41 bits per heavy atom. The van der Waals surface area contributed by atoms with Crippen LogP contribution in [-0.4, -0.2) is 79.9 Å². The Labute approximate surface area is 198 Å². The van der Waals surface area contributed by atoms with E-state index in [0.717, 1.165) is 10.8 Å². The summed E-state index contributed by atoms with van der Waals surface area (Å²) in [4.78, 5) is 23.1. The maximum absolute atomic E-state index is 12.7. The van der Waals surface area contributed by atoms with Crippen molar-refractivity contribution in [2.24, 2.45) is 5.92 Å². The lowest BCUT2D eigenvalue weighted by Crippen LogP contribution is -2.39. The van der Waals surface area contributed by atoms with Crippen LogP contribution in [0.25, 0.3) is 22.0 Å². The van der Waals surface area contributed by atoms with Crippen LogP contribution in [0.1, 0.15) is 19.3 Å². The minimum atomic E-state index is -4.17. The van der Waals surface area contributed by atoms with E-state index in [1.165, 1.54) is 4.68 Å². The standard InChI is InChI=1S/C21H20B3F3N6O/c22-21(23,24)33-12-16(11-30-33)17-7-14-8-18(29-10-15(14)9-28-17)31-19(34)13-1-4-32(5-2-13)6-3-20(25,26)27/h7-13H,1-6H2,(H,29,31,34). The van der Waals surface area contributed by atoms with Crippen molar-refractivity contribution in [3.05, 3.63) is 36.9 Å². The third kappa shape index (κ3) is 6.00. The second kappa shape index (κ2) is 9.44. The number of hydrogen-bond donors (Lipinski definition) is 1. The molecule has 0 atom stereocenters. The first-order valence-corrected chi connectivity index (χ1v) is 10.8. The predicted molar refractivity (Wildman–Crippen MR) is 124 cm³/mol. The number of nitrogens with one attached hydrogen (secondary N) is 1. The number of pyridine rings is 2. The lowest BCUT2D eigenvalue weighted by Gasteiger charge is -2.31. The van der Waals surface area contributed by atoms with Crippen LogP contribution in [0.5, 0.6) is 0 Å². The molecule has 13 heteroatoms. The van der Waals surface area contributed by atoms with Crippen molar-refractivity contribution in [3.63, 3.8) is 0 Å². The summed E-state index contributed by atoms with van der Waals surface area (Å²) in [5.41, 5.74) is 1.27. The molecule has 0 aromatic carbocycles. The fourth-order valence-electron chi connectivity index (χ4n) is 3.86. The Hall–Kier alpha value is -2.82. The fraction of sp³-hybridized carbons (Fsp3) is 0.429. The summed E-state index contributed by atoms with van der Waals surface area (Å²) in [6.07, 6.45) is 2.37. The van der Waals surface area contributed by atoms with Crippen molar-refractivity contribution in [2.45, 2.75) is 30.7 Å². The molecule has 170 valence electrons. The first kappa shape index (κ1) is 24.3.